The van der Waals surface area contributed by atoms with Gasteiger partial charge < -0.3 is 10.7 Å². The van der Waals surface area contributed by atoms with E-state index in [1.165, 1.54) is 10.5 Å². The first-order valence-corrected chi connectivity index (χ1v) is 3.97. The minimum atomic E-state index is 0.879. The van der Waals surface area contributed by atoms with Crippen LogP contribution < -0.4 is 5.73 Å². The van der Waals surface area contributed by atoms with Crippen molar-refractivity contribution in [3.05, 3.63) is 17.1 Å². The molecule has 10 heavy (non-hydrogen) atoms. The van der Waals surface area contributed by atoms with Crippen LogP contribution in [0.5, 0.6) is 0 Å². The Morgan fingerprint density at radius 1 is 1.60 bits per heavy atom. The van der Waals surface area contributed by atoms with Crippen molar-refractivity contribution in [1.82, 2.24) is 4.98 Å². The fourth-order valence-corrected chi connectivity index (χ4v) is 1.95. The van der Waals surface area contributed by atoms with E-state index in [-0.39, 0.29) is 0 Å². The first-order chi connectivity index (χ1) is 4.77. The van der Waals surface area contributed by atoms with Crippen molar-refractivity contribution in [3.63, 3.8) is 0 Å². The Morgan fingerprint density at radius 2 is 2.40 bits per heavy atom. The highest BCUT2D eigenvalue weighted by atomic mass is 32.1. The van der Waals surface area contributed by atoms with Gasteiger partial charge in [0.25, 0.3) is 0 Å². The predicted octanol–water partition coefficient (Wildman–Crippen LogP) is 2.12. The average Bonchev–Trinajstić information content (AvgIpc) is 2.35. The molecule has 2 heterocycles. The highest BCUT2D eigenvalue weighted by molar-refractivity contribution is 7.17. The lowest BCUT2D eigenvalue weighted by atomic mass is 10.3. The lowest BCUT2D eigenvalue weighted by Crippen LogP contribution is -1.77. The van der Waals surface area contributed by atoms with Crippen LogP contribution in [0.3, 0.4) is 0 Å². The van der Waals surface area contributed by atoms with E-state index in [4.69, 9.17) is 5.73 Å². The lowest BCUT2D eigenvalue weighted by molar-refractivity contribution is 1.31. The minimum absolute atomic E-state index is 0.879. The molecule has 0 saturated carbocycles. The zero-order chi connectivity index (χ0) is 7.14. The van der Waals surface area contributed by atoms with E-state index in [1.807, 2.05) is 12.3 Å². The molecule has 0 aliphatic carbocycles. The van der Waals surface area contributed by atoms with Gasteiger partial charge in [0.1, 0.15) is 4.83 Å². The molecule has 2 aromatic heterocycles. The number of aromatic nitrogens is 1. The van der Waals surface area contributed by atoms with E-state index >= 15 is 0 Å². The number of nitrogens with two attached hydrogens (primary N) is 1. The Bertz CT molecular complexity index is 358. The highest BCUT2D eigenvalue weighted by Crippen LogP contribution is 2.27. The number of hydrogen-bond acceptors (Lipinski definition) is 2. The van der Waals surface area contributed by atoms with Gasteiger partial charge in [-0.3, -0.25) is 0 Å². The number of hydrogen-bond donors (Lipinski definition) is 2. The third-order valence-corrected chi connectivity index (χ3v) is 2.46. The van der Waals surface area contributed by atoms with E-state index in [2.05, 4.69) is 11.1 Å². The van der Waals surface area contributed by atoms with Crippen LogP contribution in [-0.4, -0.2) is 4.98 Å². The van der Waals surface area contributed by atoms with Crippen LogP contribution in [0.4, 0.5) is 5.69 Å². The Hall–Kier alpha value is -0.960. The van der Waals surface area contributed by atoms with Gasteiger partial charge in [-0.05, 0) is 13.0 Å². The van der Waals surface area contributed by atoms with Crippen molar-refractivity contribution in [3.8, 4) is 0 Å². The summed E-state index contributed by atoms with van der Waals surface area (Å²) in [5.74, 6) is 0. The maximum absolute atomic E-state index is 5.68. The van der Waals surface area contributed by atoms with E-state index in [1.54, 1.807) is 11.3 Å². The number of aromatic amines is 1. The molecule has 0 aliphatic rings. The molecule has 2 nitrogen and oxygen atoms in total. The molecule has 0 amide bonds. The molecule has 2 rings (SSSR count). The Labute approximate surface area is 62.7 Å². The van der Waals surface area contributed by atoms with Gasteiger partial charge in [-0.1, -0.05) is 0 Å². The van der Waals surface area contributed by atoms with E-state index in [9.17, 15) is 0 Å². The summed E-state index contributed by atoms with van der Waals surface area (Å²) < 4.78 is 0. The largest absolute Gasteiger partial charge is 0.398 e. The summed E-state index contributed by atoms with van der Waals surface area (Å²) in [6.07, 6.45) is 0. The predicted molar refractivity (Wildman–Crippen MR) is 45.3 cm³/mol. The number of fused-ring (bicyclic) bond motifs is 1. The quantitative estimate of drug-likeness (QED) is 0.596. The van der Waals surface area contributed by atoms with Crippen molar-refractivity contribution in [2.75, 3.05) is 5.73 Å². The van der Waals surface area contributed by atoms with Gasteiger partial charge in [0.15, 0.2) is 0 Å². The van der Waals surface area contributed by atoms with E-state index in [0.717, 1.165) is 11.1 Å². The number of nitrogens with one attached hydrogen (secondary N) is 1. The fraction of sp³-hybridized carbons (Fsp3) is 0.143. The Kier molecular flexibility index (Phi) is 1.02. The van der Waals surface area contributed by atoms with Crippen molar-refractivity contribution in [1.29, 1.82) is 0 Å². The first kappa shape index (κ1) is 5.80. The lowest BCUT2D eigenvalue weighted by Gasteiger charge is -1.78. The topological polar surface area (TPSA) is 41.8 Å². The van der Waals surface area contributed by atoms with Crippen LogP contribution in [0.2, 0.25) is 0 Å². The fourth-order valence-electron chi connectivity index (χ4n) is 1.06. The molecule has 0 aliphatic heterocycles. The van der Waals surface area contributed by atoms with Gasteiger partial charge in [0.2, 0.25) is 0 Å². The number of rotatable bonds is 0. The van der Waals surface area contributed by atoms with Crippen molar-refractivity contribution in [2.24, 2.45) is 0 Å². The first-order valence-electron chi connectivity index (χ1n) is 3.09. The van der Waals surface area contributed by atoms with Gasteiger partial charge in [-0.25, -0.2) is 0 Å². The van der Waals surface area contributed by atoms with E-state index in [0.29, 0.717) is 0 Å². The van der Waals surface area contributed by atoms with E-state index < -0.39 is 0 Å². The number of aryl methyl sites for hydroxylation is 1. The van der Waals surface area contributed by atoms with Crippen LogP contribution >= 0.6 is 11.3 Å². The van der Waals surface area contributed by atoms with Crippen molar-refractivity contribution in [2.45, 2.75) is 6.92 Å². The summed E-state index contributed by atoms with van der Waals surface area (Å²) in [5, 5.41) is 3.11. The van der Waals surface area contributed by atoms with Gasteiger partial charge in [0.05, 0.1) is 5.69 Å². The highest BCUT2D eigenvalue weighted by Gasteiger charge is 2.01. The molecule has 3 N–H and O–H groups in total. The van der Waals surface area contributed by atoms with Gasteiger partial charge >= 0.3 is 0 Å². The average molecular weight is 152 g/mol. The molecule has 0 fully saturated rings. The number of anilines is 1. The maximum atomic E-state index is 5.68. The summed E-state index contributed by atoms with van der Waals surface area (Å²) in [5.41, 5.74) is 7.73. The van der Waals surface area contributed by atoms with Crippen molar-refractivity contribution < 1.29 is 0 Å². The Morgan fingerprint density at radius 3 is 3.10 bits per heavy atom. The second kappa shape index (κ2) is 1.76. The molecule has 52 valence electrons. The molecule has 0 radical (unpaired) electrons. The van der Waals surface area contributed by atoms with Gasteiger partial charge in [-0.2, -0.15) is 0 Å². The van der Waals surface area contributed by atoms with Crippen LogP contribution in [-0.2, 0) is 0 Å². The molecule has 2 aromatic rings. The summed E-state index contributed by atoms with van der Waals surface area (Å²) in [6, 6.07) is 2.07. The van der Waals surface area contributed by atoms with Crippen LogP contribution in [0.25, 0.3) is 10.2 Å². The summed E-state index contributed by atoms with van der Waals surface area (Å²) in [7, 11) is 0. The monoisotopic (exact) mass is 152 g/mol. The molecular weight excluding hydrogens is 144 g/mol. The minimum Gasteiger partial charge on any atom is -0.398 e. The molecule has 0 spiro atoms. The van der Waals surface area contributed by atoms with Crippen molar-refractivity contribution >= 4 is 27.2 Å². The number of H-pyrrole nitrogens is 1. The third-order valence-electron chi connectivity index (χ3n) is 1.53. The zero-order valence-electron chi connectivity index (χ0n) is 5.64. The zero-order valence-corrected chi connectivity index (χ0v) is 6.46. The molecule has 0 unspecified atom stereocenters. The normalized spacial score (nSPS) is 10.9. The number of thiophene rings is 1. The standard InChI is InChI=1S/C7H8N2S/c1-4-2-5-6(8)3-10-7(5)9-4/h2-3,9H,8H2,1H3. The SMILES string of the molecule is Cc1cc2c(N)csc2[nH]1. The van der Waals surface area contributed by atoms with Crippen LogP contribution in [0.1, 0.15) is 5.69 Å². The summed E-state index contributed by atoms with van der Waals surface area (Å²) in [6.45, 7) is 2.03. The molecule has 0 bridgehead atoms. The van der Waals surface area contributed by atoms with Crippen LogP contribution in [0.15, 0.2) is 11.4 Å². The molecular formula is C7H8N2S. The second-order valence-corrected chi connectivity index (χ2v) is 3.27. The third kappa shape index (κ3) is 0.640. The summed E-state index contributed by atoms with van der Waals surface area (Å²) in [4.78, 5) is 4.39. The molecule has 0 saturated heterocycles. The van der Waals surface area contributed by atoms with Crippen LogP contribution in [0, 0.1) is 6.92 Å². The smallest absolute Gasteiger partial charge is 0.102 e. The molecule has 0 atom stereocenters. The van der Waals surface area contributed by atoms with Gasteiger partial charge in [-0.15, -0.1) is 11.3 Å². The maximum Gasteiger partial charge on any atom is 0.102 e. The second-order valence-electron chi connectivity index (χ2n) is 2.39. The molecule has 0 aromatic carbocycles. The number of nitrogen functional groups attached to an aromatic ring is 1. The molecule has 3 heteroatoms. The van der Waals surface area contributed by atoms with Gasteiger partial charge in [0, 0.05) is 16.5 Å². The summed E-state index contributed by atoms with van der Waals surface area (Å²) >= 11 is 1.65. The Balaban J connectivity index is 2.90.